The van der Waals surface area contributed by atoms with Gasteiger partial charge in [0, 0.05) is 18.7 Å². The molecule has 0 aliphatic carbocycles. The largest absolute Gasteiger partial charge is 0.486 e. The van der Waals surface area contributed by atoms with E-state index in [1.165, 1.54) is 6.92 Å². The van der Waals surface area contributed by atoms with Crippen LogP contribution in [-0.2, 0) is 14.4 Å². The Bertz CT molecular complexity index is 1130. The first-order valence-corrected chi connectivity index (χ1v) is 10.4. The van der Waals surface area contributed by atoms with E-state index < -0.39 is 29.6 Å². The molecule has 2 aromatic carbocycles. The summed E-state index contributed by atoms with van der Waals surface area (Å²) in [6.45, 7) is 1.76. The van der Waals surface area contributed by atoms with E-state index in [-0.39, 0.29) is 4.91 Å². The first kappa shape index (κ1) is 21.4. The van der Waals surface area contributed by atoms with E-state index in [1.54, 1.807) is 48.5 Å². The van der Waals surface area contributed by atoms with Gasteiger partial charge in [0.1, 0.15) is 25.5 Å². The van der Waals surface area contributed by atoms with Crippen molar-refractivity contribution in [3.63, 3.8) is 0 Å². The van der Waals surface area contributed by atoms with Gasteiger partial charge in [0.15, 0.2) is 11.5 Å². The molecule has 0 aromatic heterocycles. The Morgan fingerprint density at radius 3 is 2.53 bits per heavy atom. The van der Waals surface area contributed by atoms with E-state index in [1.807, 2.05) is 0 Å². The second kappa shape index (κ2) is 9.15. The van der Waals surface area contributed by atoms with E-state index in [0.717, 1.165) is 16.7 Å². The number of amides is 3. The third kappa shape index (κ3) is 4.92. The summed E-state index contributed by atoms with van der Waals surface area (Å²) in [4.78, 5) is 49.4. The molecule has 1 fully saturated rings. The number of nitrogens with zero attached hydrogens (tertiary/aromatic N) is 1. The lowest BCUT2D eigenvalue weighted by Crippen LogP contribution is -2.36. The second-order valence-electron chi connectivity index (χ2n) is 6.84. The Morgan fingerprint density at radius 1 is 1.09 bits per heavy atom. The number of nitrogens with one attached hydrogen (secondary N) is 1. The van der Waals surface area contributed by atoms with Crippen molar-refractivity contribution >= 4 is 46.5 Å². The molecule has 164 valence electrons. The first-order chi connectivity index (χ1) is 15.4. The zero-order chi connectivity index (χ0) is 22.7. The highest BCUT2D eigenvalue weighted by Crippen LogP contribution is 2.34. The summed E-state index contributed by atoms with van der Waals surface area (Å²) < 4.78 is 15.9. The van der Waals surface area contributed by atoms with E-state index >= 15 is 0 Å². The Labute approximate surface area is 187 Å². The summed E-state index contributed by atoms with van der Waals surface area (Å²) in [6, 6.07) is 11.4. The van der Waals surface area contributed by atoms with Gasteiger partial charge in [0.2, 0.25) is 5.91 Å². The minimum Gasteiger partial charge on any atom is -0.486 e. The van der Waals surface area contributed by atoms with E-state index in [4.69, 9.17) is 14.2 Å². The Balaban J connectivity index is 1.40. The summed E-state index contributed by atoms with van der Waals surface area (Å²) >= 11 is 0.755. The molecule has 1 saturated heterocycles. The molecule has 2 aliphatic heterocycles. The first-order valence-electron chi connectivity index (χ1n) is 9.62. The maximum absolute atomic E-state index is 12.6. The van der Waals surface area contributed by atoms with Gasteiger partial charge in [-0.3, -0.25) is 24.1 Å². The van der Waals surface area contributed by atoms with Gasteiger partial charge < -0.3 is 19.5 Å². The molecule has 2 heterocycles. The van der Waals surface area contributed by atoms with Crippen molar-refractivity contribution in [2.75, 3.05) is 25.1 Å². The number of thioether (sulfide) groups is 1. The highest BCUT2D eigenvalue weighted by molar-refractivity contribution is 8.18. The highest BCUT2D eigenvalue weighted by atomic mass is 32.2. The predicted octanol–water partition coefficient (Wildman–Crippen LogP) is 3.06. The smallest absolute Gasteiger partial charge is 0.308 e. The average Bonchev–Trinajstić information content (AvgIpc) is 3.02. The van der Waals surface area contributed by atoms with Gasteiger partial charge in [-0.2, -0.15) is 0 Å². The normalized spacial score (nSPS) is 16.3. The van der Waals surface area contributed by atoms with Crippen molar-refractivity contribution in [2.45, 2.75) is 6.92 Å². The molecule has 0 saturated carbocycles. The van der Waals surface area contributed by atoms with Gasteiger partial charge in [-0.1, -0.05) is 12.1 Å². The summed E-state index contributed by atoms with van der Waals surface area (Å²) in [5.41, 5.74) is 1.11. The van der Waals surface area contributed by atoms with Crippen LogP contribution in [0.4, 0.5) is 10.5 Å². The van der Waals surface area contributed by atoms with Gasteiger partial charge in [0.05, 0.1) is 4.91 Å². The Kier molecular flexibility index (Phi) is 6.13. The molecule has 32 heavy (non-hydrogen) atoms. The molecule has 0 spiro atoms. The molecule has 4 rings (SSSR count). The number of carbonyl (C=O) groups is 4. The molecule has 0 bridgehead atoms. The molecular formula is C22H18N2O7S. The molecule has 10 heteroatoms. The fourth-order valence-corrected chi connectivity index (χ4v) is 3.89. The molecule has 0 unspecified atom stereocenters. The van der Waals surface area contributed by atoms with Crippen LogP contribution < -0.4 is 19.5 Å². The number of fused-ring (bicyclic) bond motifs is 1. The van der Waals surface area contributed by atoms with Gasteiger partial charge in [-0.15, -0.1) is 0 Å². The van der Waals surface area contributed by atoms with Crippen LogP contribution in [0.2, 0.25) is 0 Å². The third-order valence-corrected chi connectivity index (χ3v) is 5.35. The highest BCUT2D eigenvalue weighted by Gasteiger charge is 2.36. The quantitative estimate of drug-likeness (QED) is 0.417. The summed E-state index contributed by atoms with van der Waals surface area (Å²) in [5.74, 6) is -0.0293. The zero-order valence-electron chi connectivity index (χ0n) is 17.0. The van der Waals surface area contributed by atoms with Gasteiger partial charge in [-0.25, -0.2) is 0 Å². The van der Waals surface area contributed by atoms with Crippen LogP contribution >= 0.6 is 11.8 Å². The van der Waals surface area contributed by atoms with Crippen LogP contribution in [0.15, 0.2) is 47.4 Å². The van der Waals surface area contributed by atoms with Crippen LogP contribution in [0, 0.1) is 0 Å². The standard InChI is InChI=1S/C22H18N2O7S/c1-13(25)31-16-5-2-14(3-6-16)10-19-21(27)24(22(28)32-19)12-20(26)23-15-4-7-17-18(11-15)30-9-8-29-17/h2-7,10-11H,8-9,12H2,1H3,(H,23,26)/b19-10+. The number of hydrogen-bond donors (Lipinski definition) is 1. The molecular weight excluding hydrogens is 436 g/mol. The maximum Gasteiger partial charge on any atom is 0.308 e. The van der Waals surface area contributed by atoms with Crippen LogP contribution in [0.1, 0.15) is 12.5 Å². The number of carbonyl (C=O) groups excluding carboxylic acids is 4. The number of hydrogen-bond acceptors (Lipinski definition) is 8. The fraction of sp³-hybridized carbons (Fsp3) is 0.182. The lowest BCUT2D eigenvalue weighted by atomic mass is 10.2. The fourth-order valence-electron chi connectivity index (χ4n) is 3.05. The summed E-state index contributed by atoms with van der Waals surface area (Å²) in [6.07, 6.45) is 1.54. The van der Waals surface area contributed by atoms with Crippen LogP contribution in [0.3, 0.4) is 0 Å². The van der Waals surface area contributed by atoms with Crippen LogP contribution in [-0.4, -0.2) is 47.7 Å². The van der Waals surface area contributed by atoms with Gasteiger partial charge in [0.25, 0.3) is 11.1 Å². The molecule has 2 aromatic rings. The second-order valence-corrected chi connectivity index (χ2v) is 7.83. The minimum absolute atomic E-state index is 0.197. The minimum atomic E-state index is -0.554. The van der Waals surface area contributed by atoms with E-state index in [0.29, 0.717) is 41.7 Å². The van der Waals surface area contributed by atoms with E-state index in [2.05, 4.69) is 5.32 Å². The molecule has 1 N–H and O–H groups in total. The molecule has 3 amide bonds. The van der Waals surface area contributed by atoms with Crippen molar-refractivity contribution in [1.29, 1.82) is 0 Å². The molecule has 0 atom stereocenters. The zero-order valence-corrected chi connectivity index (χ0v) is 17.8. The summed E-state index contributed by atoms with van der Waals surface area (Å²) in [7, 11) is 0. The molecule has 0 radical (unpaired) electrons. The number of esters is 1. The number of ether oxygens (including phenoxy) is 3. The predicted molar refractivity (Wildman–Crippen MR) is 116 cm³/mol. The number of rotatable bonds is 5. The van der Waals surface area contributed by atoms with Crippen LogP contribution in [0.5, 0.6) is 17.2 Å². The number of imide groups is 1. The maximum atomic E-state index is 12.6. The van der Waals surface area contributed by atoms with Crippen molar-refractivity contribution in [2.24, 2.45) is 0 Å². The lowest BCUT2D eigenvalue weighted by molar-refractivity contribution is -0.131. The van der Waals surface area contributed by atoms with Crippen molar-refractivity contribution in [3.05, 3.63) is 52.9 Å². The molecule has 2 aliphatic rings. The number of benzene rings is 2. The lowest BCUT2D eigenvalue weighted by Gasteiger charge is -2.19. The summed E-state index contributed by atoms with van der Waals surface area (Å²) in [5, 5.41) is 2.12. The Hall–Kier alpha value is -3.79. The van der Waals surface area contributed by atoms with Gasteiger partial charge >= 0.3 is 5.97 Å². The van der Waals surface area contributed by atoms with Gasteiger partial charge in [-0.05, 0) is 47.7 Å². The van der Waals surface area contributed by atoms with E-state index in [9.17, 15) is 19.2 Å². The Morgan fingerprint density at radius 2 is 1.81 bits per heavy atom. The average molecular weight is 454 g/mol. The topological polar surface area (TPSA) is 111 Å². The van der Waals surface area contributed by atoms with Crippen molar-refractivity contribution < 1.29 is 33.4 Å². The number of anilines is 1. The SMILES string of the molecule is CC(=O)Oc1ccc(/C=C2/SC(=O)N(CC(=O)Nc3ccc4c(c3)OCCO4)C2=O)cc1. The van der Waals surface area contributed by atoms with Crippen molar-refractivity contribution in [1.82, 2.24) is 4.90 Å². The van der Waals surface area contributed by atoms with Crippen molar-refractivity contribution in [3.8, 4) is 17.2 Å². The monoisotopic (exact) mass is 454 g/mol. The molecule has 9 nitrogen and oxygen atoms in total. The third-order valence-electron chi connectivity index (χ3n) is 4.44. The van der Waals surface area contributed by atoms with Crippen LogP contribution in [0.25, 0.3) is 6.08 Å².